The van der Waals surface area contributed by atoms with Crippen LogP contribution in [0.4, 0.5) is 0 Å². The first-order valence-corrected chi connectivity index (χ1v) is 45.6. The second-order valence-electron chi connectivity index (χ2n) is 32.6. The smallest absolute Gasteiger partial charge is 0.160 e. The highest BCUT2D eigenvalue weighted by molar-refractivity contribution is 7.27. The van der Waals surface area contributed by atoms with Crippen LogP contribution in [-0.2, 0) is 0 Å². The second-order valence-corrected chi connectivity index (χ2v) is 36.9. The quantitative estimate of drug-likeness (QED) is 0.114. The lowest BCUT2D eigenvalue weighted by Gasteiger charge is -2.14. The van der Waals surface area contributed by atoms with Gasteiger partial charge in [-0.05, 0) is 212 Å². The molecule has 0 unspecified atom stereocenters. The van der Waals surface area contributed by atoms with E-state index in [-0.39, 0.29) is 0 Å². The first-order chi connectivity index (χ1) is 62.3. The highest BCUT2D eigenvalue weighted by Gasteiger charge is 2.24. The number of furan rings is 2. The van der Waals surface area contributed by atoms with Crippen LogP contribution < -0.4 is 0 Å². The molecule has 586 valence electrons. The van der Waals surface area contributed by atoms with Gasteiger partial charge in [-0.2, -0.15) is 0 Å². The van der Waals surface area contributed by atoms with Crippen LogP contribution >= 0.6 is 45.3 Å². The molecule has 6 nitrogen and oxygen atoms in total. The van der Waals surface area contributed by atoms with Gasteiger partial charge in [-0.15, -0.1) is 45.3 Å². The summed E-state index contributed by atoms with van der Waals surface area (Å²) in [7, 11) is 0. The van der Waals surface area contributed by atoms with Gasteiger partial charge >= 0.3 is 0 Å². The van der Waals surface area contributed by atoms with Crippen molar-refractivity contribution in [2.45, 2.75) is 0 Å². The Morgan fingerprint density at radius 1 is 0.159 bits per heavy atom. The molecule has 10 heteroatoms. The Hall–Kier alpha value is -15.4. The number of fused-ring (bicyclic) bond motifs is 18. The van der Waals surface area contributed by atoms with E-state index in [9.17, 15) is 0 Å². The fraction of sp³-hybridized carbons (Fsp3) is 0. The minimum Gasteiger partial charge on any atom is -0.456 e. The number of rotatable bonds is 13. The van der Waals surface area contributed by atoms with Crippen molar-refractivity contribution >= 4 is 170 Å². The van der Waals surface area contributed by atoms with Crippen molar-refractivity contribution in [1.82, 2.24) is 19.9 Å². The van der Waals surface area contributed by atoms with Gasteiger partial charge in [-0.25, -0.2) is 19.9 Å². The van der Waals surface area contributed by atoms with Crippen LogP contribution in [0.5, 0.6) is 0 Å². The molecule has 0 radical (unpaired) electrons. The Kier molecular flexibility index (Phi) is 16.7. The molecule has 0 bridgehead atoms. The maximum absolute atomic E-state index is 6.72. The first kappa shape index (κ1) is 72.3. The zero-order chi connectivity index (χ0) is 82.6. The third-order valence-electron chi connectivity index (χ3n) is 25.1. The van der Waals surface area contributed by atoms with E-state index in [4.69, 9.17) is 28.8 Å². The van der Waals surface area contributed by atoms with Crippen LogP contribution in [0.1, 0.15) is 0 Å². The van der Waals surface area contributed by atoms with Crippen LogP contribution in [0.3, 0.4) is 0 Å². The minimum atomic E-state index is 0.650. The lowest BCUT2D eigenvalue weighted by Crippen LogP contribution is -1.97. The predicted octanol–water partition coefficient (Wildman–Crippen LogP) is 34.2. The molecule has 0 aliphatic rings. The van der Waals surface area contributed by atoms with E-state index in [0.29, 0.717) is 11.6 Å². The summed E-state index contributed by atoms with van der Waals surface area (Å²) in [5, 5.41) is 14.3. The molecule has 0 amide bonds. The standard InChI is InChI=1S/C116H66N4O2S4/c1-3-20-67(21-4-1)115-117-99(65-101(119-115)82-55-78(72-45-50-109-97(62-72)89-30-9-12-39-106(89)123-109)54-79(56-82)73-46-51-110-98(63-73)90-31-10-13-40-107(90)124-110)76-26-15-24-69(52-76)70-43-48-104-95(60-70)96-61-71(44-49-105(96)121-104)74-42-47-91-94-37-19-34-86(114(94)126-111(91)64-74)81-57-80(85-33-18-36-93-88-29-8-14-41-108(88)125-113(85)93)58-83(59-81)102-66-100(118-116(120-102)68-22-5-2-6-23-68)77-27-16-25-75(53-77)84-32-17-35-92-87-28-7-11-38-103(87)122-112(84)92/h1-66H. The van der Waals surface area contributed by atoms with Gasteiger partial charge in [0.2, 0.25) is 0 Å². The van der Waals surface area contributed by atoms with Gasteiger partial charge in [0.25, 0.3) is 0 Å². The topological polar surface area (TPSA) is 77.8 Å². The number of benzene rings is 18. The molecule has 8 heterocycles. The van der Waals surface area contributed by atoms with Crippen LogP contribution in [0, 0.1) is 0 Å². The molecule has 0 aliphatic heterocycles. The maximum Gasteiger partial charge on any atom is 0.160 e. The molecule has 18 aromatic carbocycles. The second kappa shape index (κ2) is 29.1. The Bertz CT molecular complexity index is 8880. The van der Waals surface area contributed by atoms with Crippen LogP contribution in [0.2, 0.25) is 0 Å². The van der Waals surface area contributed by atoms with Crippen molar-refractivity contribution in [3.8, 4) is 146 Å². The van der Waals surface area contributed by atoms with E-state index in [1.54, 1.807) is 0 Å². The Labute approximate surface area is 738 Å². The number of nitrogens with zero attached hydrogens (tertiary/aromatic N) is 4. The first-order valence-electron chi connectivity index (χ1n) is 42.3. The van der Waals surface area contributed by atoms with Crippen molar-refractivity contribution < 1.29 is 8.83 Å². The molecular formula is C116H66N4O2S4. The van der Waals surface area contributed by atoms with E-state index in [1.807, 2.05) is 69.6 Å². The summed E-state index contributed by atoms with van der Waals surface area (Å²) in [4.78, 5) is 21.9. The maximum atomic E-state index is 6.72. The Morgan fingerprint density at radius 3 is 1.07 bits per heavy atom. The summed E-state index contributed by atoms with van der Waals surface area (Å²) >= 11 is 7.39. The summed E-state index contributed by atoms with van der Waals surface area (Å²) in [5.41, 5.74) is 28.1. The summed E-state index contributed by atoms with van der Waals surface area (Å²) in [6.45, 7) is 0. The predicted molar refractivity (Wildman–Crippen MR) is 534 cm³/mol. The molecule has 26 aromatic rings. The minimum absolute atomic E-state index is 0.650. The number of thiophene rings is 4. The molecule has 0 spiro atoms. The fourth-order valence-electron chi connectivity index (χ4n) is 18.9. The summed E-state index contributed by atoms with van der Waals surface area (Å²) < 4.78 is 23.4. The van der Waals surface area contributed by atoms with Gasteiger partial charge in [0, 0.05) is 141 Å². The molecule has 0 saturated heterocycles. The normalized spacial score (nSPS) is 12.0. The van der Waals surface area contributed by atoms with Gasteiger partial charge in [-0.1, -0.05) is 261 Å². The summed E-state index contributed by atoms with van der Waals surface area (Å²) in [6.07, 6.45) is 0. The van der Waals surface area contributed by atoms with Gasteiger partial charge in [-0.3, -0.25) is 0 Å². The zero-order valence-corrected chi connectivity index (χ0v) is 70.6. The monoisotopic (exact) mass is 1670 g/mol. The number of aromatic nitrogens is 4. The molecule has 0 aliphatic carbocycles. The number of hydrogen-bond acceptors (Lipinski definition) is 10. The zero-order valence-electron chi connectivity index (χ0n) is 67.3. The fourth-order valence-corrected chi connectivity index (χ4v) is 23.6. The van der Waals surface area contributed by atoms with E-state index < -0.39 is 0 Å². The molecule has 8 aromatic heterocycles. The molecular weight excluding hydrogens is 1610 g/mol. The molecule has 126 heavy (non-hydrogen) atoms. The average Bonchev–Trinajstić information content (AvgIpc) is 1.54. The van der Waals surface area contributed by atoms with Crippen LogP contribution in [-0.4, -0.2) is 19.9 Å². The van der Waals surface area contributed by atoms with Gasteiger partial charge in [0.1, 0.15) is 22.3 Å². The summed E-state index contributed by atoms with van der Waals surface area (Å²) in [5.74, 6) is 1.31. The van der Waals surface area contributed by atoms with Gasteiger partial charge in [0.05, 0.1) is 22.8 Å². The third kappa shape index (κ3) is 12.3. The average molecular weight is 1680 g/mol. The molecule has 0 atom stereocenters. The number of hydrogen-bond donors (Lipinski definition) is 0. The molecule has 0 fully saturated rings. The van der Waals surface area contributed by atoms with E-state index >= 15 is 0 Å². The number of para-hydroxylation sites is 2. The van der Waals surface area contributed by atoms with Crippen LogP contribution in [0.25, 0.3) is 270 Å². The van der Waals surface area contributed by atoms with Crippen LogP contribution in [0.15, 0.2) is 409 Å². The third-order valence-corrected chi connectivity index (χ3v) is 29.8. The lowest BCUT2D eigenvalue weighted by atomic mass is 9.93. The van der Waals surface area contributed by atoms with Gasteiger partial charge in [0.15, 0.2) is 11.6 Å². The Balaban J connectivity index is 0.565. The largest absolute Gasteiger partial charge is 0.456 e. The molecule has 0 N–H and O–H groups in total. The molecule has 0 saturated carbocycles. The lowest BCUT2D eigenvalue weighted by molar-refractivity contribution is 0.669. The van der Waals surface area contributed by atoms with E-state index in [0.717, 1.165) is 172 Å². The van der Waals surface area contributed by atoms with Gasteiger partial charge < -0.3 is 8.83 Å². The SMILES string of the molecule is c1ccc(-c2nc(-c3cccc(-c4ccc5oc6ccc(-c7ccc8c(c7)sc7c(-c9cc(-c%10cc(-c%11cccc(-c%12cccc%13c%12oc%12ccccc%12%13)c%11)nc(-c%11ccccc%11)n%10)cc(-c%10cccc%11c%10sc%10ccccc%10%11)c9)cccc78)cc6c5c4)c3)cc(-c3cc(-c4ccc5sc6ccccc6c5c4)cc(-c4ccc5sc6ccccc6c5c4)c3)n2)cc1. The molecule has 26 rings (SSSR count). The highest BCUT2D eigenvalue weighted by Crippen LogP contribution is 2.50. The highest BCUT2D eigenvalue weighted by atomic mass is 32.1. The summed E-state index contributed by atoms with van der Waals surface area (Å²) in [6, 6.07) is 145. The van der Waals surface area contributed by atoms with Crippen molar-refractivity contribution in [2.24, 2.45) is 0 Å². The Morgan fingerprint density at radius 2 is 0.500 bits per heavy atom. The van der Waals surface area contributed by atoms with E-state index in [2.05, 4.69) is 376 Å². The van der Waals surface area contributed by atoms with Crippen molar-refractivity contribution in [3.05, 3.63) is 400 Å². The van der Waals surface area contributed by atoms with E-state index in [1.165, 1.54) is 86.3 Å². The van der Waals surface area contributed by atoms with Crippen molar-refractivity contribution in [2.75, 3.05) is 0 Å². The van der Waals surface area contributed by atoms with Crippen molar-refractivity contribution in [1.29, 1.82) is 0 Å². The van der Waals surface area contributed by atoms with Crippen molar-refractivity contribution in [3.63, 3.8) is 0 Å².